The number of Topliss-reactive ketones (excluding diaryl/α,β-unsaturated/α-hetero) is 1. The van der Waals surface area contributed by atoms with Crippen molar-refractivity contribution in [1.29, 1.82) is 0 Å². The summed E-state index contributed by atoms with van der Waals surface area (Å²) in [5, 5.41) is 0. The Hall–Kier alpha value is -1.16. The van der Waals surface area contributed by atoms with E-state index in [9.17, 15) is 9.00 Å². The number of benzene rings is 1. The molecule has 0 heterocycles. The lowest BCUT2D eigenvalue weighted by atomic mass is 10.1. The molecule has 0 spiro atoms. The molecule has 0 bridgehead atoms. The summed E-state index contributed by atoms with van der Waals surface area (Å²) in [7, 11) is 0.437. The second kappa shape index (κ2) is 6.69. The van der Waals surface area contributed by atoms with E-state index in [-0.39, 0.29) is 11.5 Å². The minimum Gasteiger partial charge on any atom is -0.496 e. The van der Waals surface area contributed by atoms with Gasteiger partial charge in [-0.1, -0.05) is 19.9 Å². The Morgan fingerprint density at radius 2 is 2.06 bits per heavy atom. The van der Waals surface area contributed by atoms with Crippen LogP contribution >= 0.6 is 0 Å². The first kappa shape index (κ1) is 14.9. The fourth-order valence-electron chi connectivity index (χ4n) is 1.68. The number of ketones is 1. The molecule has 1 rings (SSSR count). The molecule has 0 fully saturated rings. The molecule has 0 saturated heterocycles. The Bertz CT molecular complexity index is 452. The van der Waals surface area contributed by atoms with Gasteiger partial charge in [0.2, 0.25) is 0 Å². The Morgan fingerprint density at radius 3 is 2.61 bits per heavy atom. The molecule has 0 aromatic heterocycles. The number of hydrogen-bond acceptors (Lipinski definition) is 3. The average molecular weight is 268 g/mol. The number of rotatable bonds is 6. The fraction of sp³-hybridized carbons (Fsp3) is 0.500. The van der Waals surface area contributed by atoms with Crippen LogP contribution in [0.2, 0.25) is 0 Å². The van der Waals surface area contributed by atoms with E-state index in [2.05, 4.69) is 0 Å². The van der Waals surface area contributed by atoms with Gasteiger partial charge in [-0.3, -0.25) is 9.00 Å². The zero-order valence-electron chi connectivity index (χ0n) is 11.4. The summed E-state index contributed by atoms with van der Waals surface area (Å²) in [5.41, 5.74) is 1.55. The summed E-state index contributed by atoms with van der Waals surface area (Å²) in [6, 6.07) is 5.42. The van der Waals surface area contributed by atoms with Crippen LogP contribution in [0.1, 0.15) is 29.8 Å². The third-order valence-corrected chi connectivity index (χ3v) is 4.09. The van der Waals surface area contributed by atoms with Gasteiger partial charge in [0, 0.05) is 16.6 Å². The summed E-state index contributed by atoms with van der Waals surface area (Å²) in [5.74, 6) is 1.39. The SMILES string of the molecule is COc1cc(C)ccc1C(=O)CS(=O)CC(C)C. The molecule has 0 amide bonds. The molecule has 100 valence electrons. The molecule has 0 saturated carbocycles. The van der Waals surface area contributed by atoms with Crippen LogP contribution in [0.4, 0.5) is 0 Å². The highest BCUT2D eigenvalue weighted by atomic mass is 32.2. The van der Waals surface area contributed by atoms with Gasteiger partial charge in [0.25, 0.3) is 0 Å². The molecule has 0 radical (unpaired) electrons. The second-order valence-corrected chi connectivity index (χ2v) is 6.27. The quantitative estimate of drug-likeness (QED) is 0.745. The largest absolute Gasteiger partial charge is 0.496 e. The van der Waals surface area contributed by atoms with Gasteiger partial charge < -0.3 is 4.74 Å². The predicted molar refractivity (Wildman–Crippen MR) is 74.8 cm³/mol. The molecular formula is C14H20O3S. The Morgan fingerprint density at radius 1 is 1.39 bits per heavy atom. The van der Waals surface area contributed by atoms with Crippen LogP contribution in [-0.2, 0) is 10.8 Å². The fourth-order valence-corrected chi connectivity index (χ4v) is 2.99. The maximum Gasteiger partial charge on any atom is 0.179 e. The van der Waals surface area contributed by atoms with Crippen molar-refractivity contribution in [1.82, 2.24) is 0 Å². The van der Waals surface area contributed by atoms with Crippen molar-refractivity contribution in [2.75, 3.05) is 18.6 Å². The van der Waals surface area contributed by atoms with Gasteiger partial charge in [-0.05, 0) is 30.5 Å². The van der Waals surface area contributed by atoms with Gasteiger partial charge in [-0.15, -0.1) is 0 Å². The summed E-state index contributed by atoms with van der Waals surface area (Å²) < 4.78 is 16.9. The van der Waals surface area contributed by atoms with Crippen LogP contribution in [0.25, 0.3) is 0 Å². The minimum absolute atomic E-state index is 0.0671. The van der Waals surface area contributed by atoms with Gasteiger partial charge in [0.15, 0.2) is 5.78 Å². The third-order valence-electron chi connectivity index (χ3n) is 2.47. The second-order valence-electron chi connectivity index (χ2n) is 4.77. The van der Waals surface area contributed by atoms with E-state index < -0.39 is 10.8 Å². The molecular weight excluding hydrogens is 248 g/mol. The van der Waals surface area contributed by atoms with Crippen molar-refractivity contribution in [3.05, 3.63) is 29.3 Å². The number of carbonyl (C=O) groups excluding carboxylic acids is 1. The van der Waals surface area contributed by atoms with Crippen LogP contribution in [0.3, 0.4) is 0 Å². The highest BCUT2D eigenvalue weighted by molar-refractivity contribution is 7.85. The lowest BCUT2D eigenvalue weighted by Crippen LogP contribution is -2.16. The van der Waals surface area contributed by atoms with Crippen molar-refractivity contribution in [3.8, 4) is 5.75 Å². The zero-order chi connectivity index (χ0) is 13.7. The Balaban J connectivity index is 2.81. The number of aryl methyl sites for hydroxylation is 1. The number of methoxy groups -OCH3 is 1. The van der Waals surface area contributed by atoms with Crippen LogP contribution in [0.15, 0.2) is 18.2 Å². The van der Waals surface area contributed by atoms with Crippen molar-refractivity contribution in [2.45, 2.75) is 20.8 Å². The van der Waals surface area contributed by atoms with E-state index in [0.29, 0.717) is 23.0 Å². The number of ether oxygens (including phenoxy) is 1. The summed E-state index contributed by atoms with van der Waals surface area (Å²) in [6.07, 6.45) is 0. The van der Waals surface area contributed by atoms with Gasteiger partial charge in [0.1, 0.15) is 5.75 Å². The highest BCUT2D eigenvalue weighted by Crippen LogP contribution is 2.20. The molecule has 4 heteroatoms. The van der Waals surface area contributed by atoms with Gasteiger partial charge in [-0.25, -0.2) is 0 Å². The van der Waals surface area contributed by atoms with E-state index in [1.807, 2.05) is 32.9 Å². The van der Waals surface area contributed by atoms with Crippen molar-refractivity contribution in [2.24, 2.45) is 5.92 Å². The highest BCUT2D eigenvalue weighted by Gasteiger charge is 2.15. The first-order valence-electron chi connectivity index (χ1n) is 5.97. The van der Waals surface area contributed by atoms with Gasteiger partial charge in [-0.2, -0.15) is 0 Å². The maximum atomic E-state index is 12.1. The summed E-state index contributed by atoms with van der Waals surface area (Å²) >= 11 is 0. The third kappa shape index (κ3) is 4.26. The van der Waals surface area contributed by atoms with Crippen LogP contribution < -0.4 is 4.74 Å². The average Bonchev–Trinajstić information content (AvgIpc) is 2.27. The van der Waals surface area contributed by atoms with Crippen molar-refractivity contribution in [3.63, 3.8) is 0 Å². The lowest BCUT2D eigenvalue weighted by molar-refractivity contribution is 0.101. The van der Waals surface area contributed by atoms with Crippen LogP contribution in [0, 0.1) is 12.8 Å². The van der Waals surface area contributed by atoms with E-state index >= 15 is 0 Å². The standard InChI is InChI=1S/C14H20O3S/c1-10(2)8-18(16)9-13(15)12-6-5-11(3)7-14(12)17-4/h5-7,10H,8-9H2,1-4H3. The van der Waals surface area contributed by atoms with E-state index in [0.717, 1.165) is 5.56 Å². The molecule has 1 atom stereocenters. The number of carbonyl (C=O) groups is 1. The molecule has 0 aliphatic heterocycles. The van der Waals surface area contributed by atoms with E-state index in [1.165, 1.54) is 7.11 Å². The predicted octanol–water partition coefficient (Wildman–Crippen LogP) is 2.59. The minimum atomic E-state index is -1.10. The molecule has 1 aromatic carbocycles. The molecule has 0 aliphatic rings. The molecule has 0 N–H and O–H groups in total. The maximum absolute atomic E-state index is 12.1. The van der Waals surface area contributed by atoms with Crippen LogP contribution in [0.5, 0.6) is 5.75 Å². The van der Waals surface area contributed by atoms with Crippen LogP contribution in [-0.4, -0.2) is 28.6 Å². The first-order valence-corrected chi connectivity index (χ1v) is 7.45. The summed E-state index contributed by atoms with van der Waals surface area (Å²) in [6.45, 7) is 5.93. The Kier molecular flexibility index (Phi) is 5.54. The normalized spacial score (nSPS) is 12.5. The monoisotopic (exact) mass is 268 g/mol. The first-order chi connectivity index (χ1) is 8.43. The lowest BCUT2D eigenvalue weighted by Gasteiger charge is -2.09. The molecule has 1 aromatic rings. The van der Waals surface area contributed by atoms with Crippen molar-refractivity contribution >= 4 is 16.6 Å². The molecule has 3 nitrogen and oxygen atoms in total. The Labute approximate surface area is 111 Å². The molecule has 1 unspecified atom stereocenters. The zero-order valence-corrected chi connectivity index (χ0v) is 12.2. The molecule has 0 aliphatic carbocycles. The van der Waals surface area contributed by atoms with Gasteiger partial charge in [0.05, 0.1) is 18.4 Å². The smallest absolute Gasteiger partial charge is 0.179 e. The number of hydrogen-bond donors (Lipinski definition) is 0. The topological polar surface area (TPSA) is 43.4 Å². The van der Waals surface area contributed by atoms with Gasteiger partial charge >= 0.3 is 0 Å². The molecule has 18 heavy (non-hydrogen) atoms. The van der Waals surface area contributed by atoms with E-state index in [1.54, 1.807) is 6.07 Å². The van der Waals surface area contributed by atoms with Crippen molar-refractivity contribution < 1.29 is 13.7 Å². The summed E-state index contributed by atoms with van der Waals surface area (Å²) in [4.78, 5) is 12.1. The van der Waals surface area contributed by atoms with E-state index in [4.69, 9.17) is 4.74 Å².